The molecule has 24 heavy (non-hydrogen) atoms. The highest BCUT2D eigenvalue weighted by Gasteiger charge is 2.29. The highest BCUT2D eigenvalue weighted by molar-refractivity contribution is 7.88. The molecule has 0 N–H and O–H groups in total. The fourth-order valence-electron chi connectivity index (χ4n) is 2.73. The number of aryl methyl sites for hydroxylation is 1. The lowest BCUT2D eigenvalue weighted by Gasteiger charge is -2.31. The molecule has 2 aromatic rings. The Labute approximate surface area is 142 Å². The molecule has 0 amide bonds. The average Bonchev–Trinajstić information content (AvgIpc) is 2.58. The van der Waals surface area contributed by atoms with Crippen LogP contribution >= 0.6 is 0 Å². The molecular formula is C17H21N3O3S. The Kier molecular flexibility index (Phi) is 5.11. The highest BCUT2D eigenvalue weighted by Crippen LogP contribution is 2.20. The zero-order chi connectivity index (χ0) is 17.0. The molecule has 0 bridgehead atoms. The number of benzene rings is 1. The first-order valence-electron chi connectivity index (χ1n) is 7.99. The van der Waals surface area contributed by atoms with Crippen molar-refractivity contribution in [2.75, 3.05) is 13.1 Å². The molecule has 7 heteroatoms. The predicted octanol–water partition coefficient (Wildman–Crippen LogP) is 2.16. The van der Waals surface area contributed by atoms with E-state index in [2.05, 4.69) is 9.97 Å². The van der Waals surface area contributed by atoms with Crippen LogP contribution in [0.5, 0.6) is 5.88 Å². The lowest BCUT2D eigenvalue weighted by atomic mass is 10.1. The molecule has 1 aromatic heterocycles. The first-order chi connectivity index (χ1) is 11.5. The summed E-state index contributed by atoms with van der Waals surface area (Å²) in [5.74, 6) is 0.580. The smallest absolute Gasteiger partial charge is 0.218 e. The van der Waals surface area contributed by atoms with Crippen LogP contribution in [-0.2, 0) is 15.8 Å². The molecule has 1 aliphatic rings. The van der Waals surface area contributed by atoms with Crippen LogP contribution < -0.4 is 4.74 Å². The van der Waals surface area contributed by atoms with Crippen molar-refractivity contribution in [3.8, 4) is 5.88 Å². The summed E-state index contributed by atoms with van der Waals surface area (Å²) in [4.78, 5) is 7.89. The standard InChI is InChI=1S/C17H21N3O3S/c1-14-2-4-15(5-3-14)12-24(21,22)20-10-7-16(8-11-20)23-17-6-9-18-13-19-17/h2-6,9,13,16H,7-8,10-12H2,1H3. The van der Waals surface area contributed by atoms with Crippen LogP contribution in [0.3, 0.4) is 0 Å². The van der Waals surface area contributed by atoms with Gasteiger partial charge in [-0.1, -0.05) is 29.8 Å². The molecule has 1 aliphatic heterocycles. The van der Waals surface area contributed by atoms with Crippen LogP contribution in [0.4, 0.5) is 0 Å². The van der Waals surface area contributed by atoms with Gasteiger partial charge >= 0.3 is 0 Å². The third kappa shape index (κ3) is 4.30. The number of hydrogen-bond acceptors (Lipinski definition) is 5. The summed E-state index contributed by atoms with van der Waals surface area (Å²) in [5.41, 5.74) is 1.94. The van der Waals surface area contributed by atoms with Crippen molar-refractivity contribution in [2.45, 2.75) is 31.6 Å². The van der Waals surface area contributed by atoms with Crippen molar-refractivity contribution in [1.82, 2.24) is 14.3 Å². The van der Waals surface area contributed by atoms with E-state index in [0.29, 0.717) is 31.8 Å². The number of hydrogen-bond donors (Lipinski definition) is 0. The van der Waals surface area contributed by atoms with E-state index in [9.17, 15) is 8.42 Å². The van der Waals surface area contributed by atoms with Gasteiger partial charge in [0, 0.05) is 25.4 Å². The minimum atomic E-state index is -3.29. The summed E-state index contributed by atoms with van der Waals surface area (Å²) >= 11 is 0. The maximum absolute atomic E-state index is 12.6. The van der Waals surface area contributed by atoms with Crippen molar-refractivity contribution in [1.29, 1.82) is 0 Å². The monoisotopic (exact) mass is 347 g/mol. The van der Waals surface area contributed by atoms with E-state index in [1.165, 1.54) is 6.33 Å². The second-order valence-corrected chi connectivity index (χ2v) is 7.97. The molecule has 0 atom stereocenters. The molecule has 0 spiro atoms. The number of rotatable bonds is 5. The molecule has 1 fully saturated rings. The zero-order valence-electron chi connectivity index (χ0n) is 13.6. The van der Waals surface area contributed by atoms with Gasteiger partial charge in [-0.25, -0.2) is 22.7 Å². The third-order valence-electron chi connectivity index (χ3n) is 4.11. The van der Waals surface area contributed by atoms with Gasteiger partial charge in [0.25, 0.3) is 0 Å². The summed E-state index contributed by atoms with van der Waals surface area (Å²) in [6.07, 6.45) is 4.39. The Morgan fingerprint density at radius 3 is 2.50 bits per heavy atom. The van der Waals surface area contributed by atoms with E-state index in [1.807, 2.05) is 31.2 Å². The molecule has 3 rings (SSSR count). The Bertz CT molecular complexity index is 755. The summed E-state index contributed by atoms with van der Waals surface area (Å²) in [5, 5.41) is 0. The molecule has 2 heterocycles. The van der Waals surface area contributed by atoms with Gasteiger partial charge in [0.2, 0.25) is 15.9 Å². The van der Waals surface area contributed by atoms with E-state index in [-0.39, 0.29) is 11.9 Å². The number of ether oxygens (including phenoxy) is 1. The van der Waals surface area contributed by atoms with Gasteiger partial charge in [-0.3, -0.25) is 0 Å². The lowest BCUT2D eigenvalue weighted by Crippen LogP contribution is -2.42. The fraction of sp³-hybridized carbons (Fsp3) is 0.412. The van der Waals surface area contributed by atoms with Gasteiger partial charge in [-0.2, -0.15) is 0 Å². The van der Waals surface area contributed by atoms with Crippen molar-refractivity contribution < 1.29 is 13.2 Å². The zero-order valence-corrected chi connectivity index (χ0v) is 14.4. The molecule has 1 aromatic carbocycles. The number of sulfonamides is 1. The second-order valence-electron chi connectivity index (χ2n) is 6.01. The van der Waals surface area contributed by atoms with Crippen LogP contribution in [-0.4, -0.2) is 41.9 Å². The Hall–Kier alpha value is -1.99. The summed E-state index contributed by atoms with van der Waals surface area (Å²) in [7, 11) is -3.29. The minimum absolute atomic E-state index is 0.00859. The number of nitrogens with zero attached hydrogens (tertiary/aromatic N) is 3. The predicted molar refractivity (Wildman–Crippen MR) is 91.1 cm³/mol. The Morgan fingerprint density at radius 2 is 1.88 bits per heavy atom. The molecule has 0 saturated carbocycles. The van der Waals surface area contributed by atoms with E-state index in [4.69, 9.17) is 4.74 Å². The van der Waals surface area contributed by atoms with Crippen LogP contribution in [0.15, 0.2) is 42.9 Å². The quantitative estimate of drug-likeness (QED) is 0.829. The lowest BCUT2D eigenvalue weighted by molar-refractivity contribution is 0.129. The van der Waals surface area contributed by atoms with Crippen LogP contribution in [0.2, 0.25) is 0 Å². The normalized spacial score (nSPS) is 16.9. The van der Waals surface area contributed by atoms with E-state index in [1.54, 1.807) is 16.6 Å². The first kappa shape index (κ1) is 16.9. The van der Waals surface area contributed by atoms with Crippen LogP contribution in [0.1, 0.15) is 24.0 Å². The van der Waals surface area contributed by atoms with Crippen LogP contribution in [0.25, 0.3) is 0 Å². The largest absolute Gasteiger partial charge is 0.474 e. The Balaban J connectivity index is 1.56. The van der Waals surface area contributed by atoms with Crippen molar-refractivity contribution >= 4 is 10.0 Å². The van der Waals surface area contributed by atoms with Gasteiger partial charge in [0.15, 0.2) is 0 Å². The average molecular weight is 347 g/mol. The van der Waals surface area contributed by atoms with E-state index < -0.39 is 10.0 Å². The molecule has 0 radical (unpaired) electrons. The maximum atomic E-state index is 12.6. The van der Waals surface area contributed by atoms with Gasteiger partial charge in [0.1, 0.15) is 12.4 Å². The Morgan fingerprint density at radius 1 is 1.17 bits per heavy atom. The summed E-state index contributed by atoms with van der Waals surface area (Å²) < 4.78 is 32.5. The first-order valence-corrected chi connectivity index (χ1v) is 9.60. The molecular weight excluding hydrogens is 326 g/mol. The fourth-order valence-corrected chi connectivity index (χ4v) is 4.30. The van der Waals surface area contributed by atoms with Crippen molar-refractivity contribution in [3.05, 3.63) is 54.0 Å². The van der Waals surface area contributed by atoms with E-state index >= 15 is 0 Å². The van der Waals surface area contributed by atoms with Crippen LogP contribution in [0, 0.1) is 6.92 Å². The van der Waals surface area contributed by atoms with Crippen molar-refractivity contribution in [2.24, 2.45) is 0 Å². The summed E-state index contributed by atoms with van der Waals surface area (Å²) in [6.45, 7) is 2.94. The SMILES string of the molecule is Cc1ccc(CS(=O)(=O)N2CCC(Oc3ccncn3)CC2)cc1. The van der Waals surface area contributed by atoms with Crippen molar-refractivity contribution in [3.63, 3.8) is 0 Å². The van der Waals surface area contributed by atoms with Gasteiger partial charge in [-0.15, -0.1) is 0 Å². The van der Waals surface area contributed by atoms with Gasteiger partial charge < -0.3 is 4.74 Å². The van der Waals surface area contributed by atoms with E-state index in [0.717, 1.165) is 11.1 Å². The van der Waals surface area contributed by atoms with Gasteiger partial charge in [0.05, 0.1) is 5.75 Å². The highest BCUT2D eigenvalue weighted by atomic mass is 32.2. The third-order valence-corrected chi connectivity index (χ3v) is 5.96. The molecule has 0 aliphatic carbocycles. The maximum Gasteiger partial charge on any atom is 0.218 e. The minimum Gasteiger partial charge on any atom is -0.474 e. The topological polar surface area (TPSA) is 72.4 Å². The molecule has 6 nitrogen and oxygen atoms in total. The second kappa shape index (κ2) is 7.27. The van der Waals surface area contributed by atoms with Gasteiger partial charge in [-0.05, 0) is 25.3 Å². The molecule has 128 valence electrons. The number of aromatic nitrogens is 2. The molecule has 1 saturated heterocycles. The number of piperidine rings is 1. The molecule has 0 unspecified atom stereocenters. The summed E-state index contributed by atoms with van der Waals surface area (Å²) in [6, 6.07) is 9.33.